The summed E-state index contributed by atoms with van der Waals surface area (Å²) in [5, 5.41) is 0. The summed E-state index contributed by atoms with van der Waals surface area (Å²) in [6.07, 6.45) is 0.885. The van der Waals surface area contributed by atoms with Crippen LogP contribution in [0.4, 0.5) is 0 Å². The van der Waals surface area contributed by atoms with Crippen LogP contribution < -0.4 is 0 Å². The molecule has 0 unspecified atom stereocenters. The third-order valence-electron chi connectivity index (χ3n) is 3.82. The zero-order valence-electron chi connectivity index (χ0n) is 12.0. The molecular weight excluding hydrogens is 262 g/mol. The average Bonchev–Trinajstić information content (AvgIpc) is 2.56. The quantitative estimate of drug-likeness (QED) is 0.807. The summed E-state index contributed by atoms with van der Waals surface area (Å²) >= 11 is 0. The number of nitrogens with zero attached hydrogens (tertiary/aromatic N) is 1. The predicted octanol–water partition coefficient (Wildman–Crippen LogP) is 3.00. The molecule has 0 radical (unpaired) electrons. The van der Waals surface area contributed by atoms with Gasteiger partial charge in [0.1, 0.15) is 6.29 Å². The summed E-state index contributed by atoms with van der Waals surface area (Å²) in [5.74, 6) is 0. The molecule has 1 aliphatic heterocycles. The Hall–Kier alpha value is -1.97. The predicted molar refractivity (Wildman–Crippen MR) is 83.4 cm³/mol. The van der Waals surface area contributed by atoms with Crippen LogP contribution >= 0.6 is 0 Å². The van der Waals surface area contributed by atoms with Gasteiger partial charge in [-0.2, -0.15) is 0 Å². The minimum atomic E-state index is 0.713. The Kier molecular flexibility index (Phi) is 4.43. The Balaban J connectivity index is 1.72. The zero-order valence-corrected chi connectivity index (χ0v) is 12.0. The first-order valence-corrected chi connectivity index (χ1v) is 7.30. The van der Waals surface area contributed by atoms with Crippen molar-refractivity contribution in [3.63, 3.8) is 0 Å². The zero-order chi connectivity index (χ0) is 14.5. The number of carbonyl (C=O) groups is 1. The van der Waals surface area contributed by atoms with E-state index in [4.69, 9.17) is 4.74 Å². The number of aldehydes is 1. The number of ether oxygens (including phenoxy) is 1. The Morgan fingerprint density at radius 2 is 1.76 bits per heavy atom. The SMILES string of the molecule is O=Cc1cccc(-c2ccc(CN3CCOCC3)cc2)c1. The highest BCUT2D eigenvalue weighted by atomic mass is 16.5. The molecule has 0 spiro atoms. The Labute approximate surface area is 125 Å². The lowest BCUT2D eigenvalue weighted by Crippen LogP contribution is -2.35. The molecule has 2 aromatic carbocycles. The minimum Gasteiger partial charge on any atom is -0.379 e. The van der Waals surface area contributed by atoms with E-state index in [9.17, 15) is 4.79 Å². The van der Waals surface area contributed by atoms with E-state index in [-0.39, 0.29) is 0 Å². The topological polar surface area (TPSA) is 29.5 Å². The molecule has 1 aliphatic rings. The van der Waals surface area contributed by atoms with Gasteiger partial charge in [0.15, 0.2) is 0 Å². The molecule has 1 fully saturated rings. The van der Waals surface area contributed by atoms with E-state index < -0.39 is 0 Å². The van der Waals surface area contributed by atoms with Crippen LogP contribution in [-0.2, 0) is 11.3 Å². The fourth-order valence-corrected chi connectivity index (χ4v) is 2.61. The molecule has 0 aromatic heterocycles. The summed E-state index contributed by atoms with van der Waals surface area (Å²) in [4.78, 5) is 13.3. The van der Waals surface area contributed by atoms with Gasteiger partial charge in [-0.1, -0.05) is 42.5 Å². The third-order valence-corrected chi connectivity index (χ3v) is 3.82. The van der Waals surface area contributed by atoms with E-state index in [0.717, 1.165) is 50.3 Å². The Bertz CT molecular complexity index is 601. The first-order valence-electron chi connectivity index (χ1n) is 7.30. The van der Waals surface area contributed by atoms with Crippen LogP contribution in [0, 0.1) is 0 Å². The lowest BCUT2D eigenvalue weighted by atomic mass is 10.0. The molecule has 21 heavy (non-hydrogen) atoms. The van der Waals surface area contributed by atoms with Crippen molar-refractivity contribution in [3.05, 3.63) is 59.7 Å². The molecule has 108 valence electrons. The van der Waals surface area contributed by atoms with E-state index in [1.54, 1.807) is 0 Å². The van der Waals surface area contributed by atoms with Gasteiger partial charge in [0, 0.05) is 25.2 Å². The van der Waals surface area contributed by atoms with Gasteiger partial charge in [-0.05, 0) is 22.8 Å². The van der Waals surface area contributed by atoms with E-state index >= 15 is 0 Å². The standard InChI is InChI=1S/C18H19NO2/c20-14-16-2-1-3-18(12-16)17-6-4-15(5-7-17)13-19-8-10-21-11-9-19/h1-7,12,14H,8-11,13H2. The molecular formula is C18H19NO2. The Morgan fingerprint density at radius 1 is 1.00 bits per heavy atom. The molecule has 0 atom stereocenters. The van der Waals surface area contributed by atoms with Crippen molar-refractivity contribution < 1.29 is 9.53 Å². The molecule has 0 bridgehead atoms. The fourth-order valence-electron chi connectivity index (χ4n) is 2.61. The van der Waals surface area contributed by atoms with Crippen molar-refractivity contribution in [1.29, 1.82) is 0 Å². The second-order valence-electron chi connectivity index (χ2n) is 5.33. The molecule has 3 heteroatoms. The van der Waals surface area contributed by atoms with Crippen LogP contribution in [0.2, 0.25) is 0 Å². The van der Waals surface area contributed by atoms with Gasteiger partial charge in [0.05, 0.1) is 13.2 Å². The van der Waals surface area contributed by atoms with Gasteiger partial charge in [-0.15, -0.1) is 0 Å². The van der Waals surface area contributed by atoms with Gasteiger partial charge in [0.2, 0.25) is 0 Å². The summed E-state index contributed by atoms with van der Waals surface area (Å²) in [6.45, 7) is 4.64. The van der Waals surface area contributed by atoms with Crippen molar-refractivity contribution in [2.24, 2.45) is 0 Å². The molecule has 0 saturated carbocycles. The maximum absolute atomic E-state index is 10.8. The maximum Gasteiger partial charge on any atom is 0.150 e. The summed E-state index contributed by atoms with van der Waals surface area (Å²) in [7, 11) is 0. The highest BCUT2D eigenvalue weighted by Crippen LogP contribution is 2.21. The molecule has 1 heterocycles. The molecule has 0 amide bonds. The van der Waals surface area contributed by atoms with Gasteiger partial charge >= 0.3 is 0 Å². The lowest BCUT2D eigenvalue weighted by Gasteiger charge is -2.26. The number of carbonyl (C=O) groups excluding carboxylic acids is 1. The summed E-state index contributed by atoms with van der Waals surface area (Å²) < 4.78 is 5.37. The first-order chi connectivity index (χ1) is 10.3. The molecule has 3 nitrogen and oxygen atoms in total. The smallest absolute Gasteiger partial charge is 0.150 e. The summed E-state index contributed by atoms with van der Waals surface area (Å²) in [6, 6.07) is 16.3. The monoisotopic (exact) mass is 281 g/mol. The van der Waals surface area contributed by atoms with Gasteiger partial charge < -0.3 is 4.74 Å². The van der Waals surface area contributed by atoms with Crippen LogP contribution in [0.15, 0.2) is 48.5 Å². The number of rotatable bonds is 4. The molecule has 0 aliphatic carbocycles. The third kappa shape index (κ3) is 3.57. The van der Waals surface area contributed by atoms with Crippen molar-refractivity contribution in [3.8, 4) is 11.1 Å². The van der Waals surface area contributed by atoms with Crippen LogP contribution in [-0.4, -0.2) is 37.5 Å². The van der Waals surface area contributed by atoms with E-state index in [1.165, 1.54) is 5.56 Å². The number of morpholine rings is 1. The first kappa shape index (κ1) is 14.0. The van der Waals surface area contributed by atoms with Gasteiger partial charge in [-0.25, -0.2) is 0 Å². The van der Waals surface area contributed by atoms with Crippen molar-refractivity contribution in [1.82, 2.24) is 4.90 Å². The highest BCUT2D eigenvalue weighted by molar-refractivity contribution is 5.78. The Morgan fingerprint density at radius 3 is 2.48 bits per heavy atom. The van der Waals surface area contributed by atoms with E-state index in [0.29, 0.717) is 5.56 Å². The van der Waals surface area contributed by atoms with Crippen molar-refractivity contribution in [2.75, 3.05) is 26.3 Å². The molecule has 1 saturated heterocycles. The van der Waals surface area contributed by atoms with E-state index in [2.05, 4.69) is 29.2 Å². The average molecular weight is 281 g/mol. The normalized spacial score (nSPS) is 15.8. The number of hydrogen-bond donors (Lipinski definition) is 0. The van der Waals surface area contributed by atoms with Gasteiger partial charge in [0.25, 0.3) is 0 Å². The maximum atomic E-state index is 10.8. The van der Waals surface area contributed by atoms with Crippen LogP contribution in [0.25, 0.3) is 11.1 Å². The number of hydrogen-bond acceptors (Lipinski definition) is 3. The number of benzene rings is 2. The van der Waals surface area contributed by atoms with Crippen molar-refractivity contribution >= 4 is 6.29 Å². The minimum absolute atomic E-state index is 0.713. The van der Waals surface area contributed by atoms with Crippen LogP contribution in [0.1, 0.15) is 15.9 Å². The molecule has 2 aromatic rings. The largest absolute Gasteiger partial charge is 0.379 e. The molecule has 0 N–H and O–H groups in total. The second-order valence-corrected chi connectivity index (χ2v) is 5.33. The van der Waals surface area contributed by atoms with Crippen LogP contribution in [0.5, 0.6) is 0 Å². The van der Waals surface area contributed by atoms with Crippen LogP contribution in [0.3, 0.4) is 0 Å². The summed E-state index contributed by atoms with van der Waals surface area (Å²) in [5.41, 5.74) is 4.25. The molecule has 3 rings (SSSR count). The fraction of sp³-hybridized carbons (Fsp3) is 0.278. The van der Waals surface area contributed by atoms with E-state index in [1.807, 2.05) is 24.3 Å². The highest BCUT2D eigenvalue weighted by Gasteiger charge is 2.10. The van der Waals surface area contributed by atoms with Gasteiger partial charge in [-0.3, -0.25) is 9.69 Å². The van der Waals surface area contributed by atoms with Crippen molar-refractivity contribution in [2.45, 2.75) is 6.54 Å². The lowest BCUT2D eigenvalue weighted by molar-refractivity contribution is 0.0342. The second kappa shape index (κ2) is 6.66.